The number of rotatable bonds is 10. The second kappa shape index (κ2) is 9.38. The highest BCUT2D eigenvalue weighted by molar-refractivity contribution is 7.46. The van der Waals surface area contributed by atoms with Gasteiger partial charge in [0.15, 0.2) is 23.2 Å². The van der Waals surface area contributed by atoms with E-state index in [1.807, 2.05) is 0 Å². The van der Waals surface area contributed by atoms with E-state index in [1.165, 1.54) is 17.2 Å². The van der Waals surface area contributed by atoms with Crippen LogP contribution in [0.15, 0.2) is 12.7 Å². The Kier molecular flexibility index (Phi) is 7.10. The number of nitrogens with two attached hydrogens (primary N) is 1. The van der Waals surface area contributed by atoms with Gasteiger partial charge in [0.2, 0.25) is 0 Å². The fraction of sp³-hybridized carbons (Fsp3) is 0.643. The average Bonchev–Trinajstić information content (AvgIpc) is 3.22. The Labute approximate surface area is 164 Å². The van der Waals surface area contributed by atoms with Gasteiger partial charge in [-0.05, 0) is 0 Å². The van der Waals surface area contributed by atoms with E-state index in [9.17, 15) is 14.8 Å². The predicted molar refractivity (Wildman–Crippen MR) is 97.6 cm³/mol. The highest BCUT2D eigenvalue weighted by Gasteiger charge is 2.45. The molecule has 2 aromatic rings. The number of ether oxygens (including phenoxy) is 2. The van der Waals surface area contributed by atoms with Crippen molar-refractivity contribution in [2.75, 3.05) is 38.2 Å². The van der Waals surface area contributed by atoms with E-state index in [1.54, 1.807) is 0 Å². The number of aromatic nitrogens is 4. The molecule has 1 aliphatic heterocycles. The average molecular weight is 434 g/mol. The Morgan fingerprint density at radius 2 is 2.03 bits per heavy atom. The molecular formula is C14H23N6O8P. The summed E-state index contributed by atoms with van der Waals surface area (Å²) in [6.45, 7) is 1.15. The lowest BCUT2D eigenvalue weighted by Gasteiger charge is -2.16. The third-order valence-electron chi connectivity index (χ3n) is 4.18. The summed E-state index contributed by atoms with van der Waals surface area (Å²) in [6, 6.07) is 0. The number of phosphoric ester groups is 1. The van der Waals surface area contributed by atoms with Crippen molar-refractivity contribution >= 4 is 24.8 Å². The molecule has 7 N–H and O–H groups in total. The van der Waals surface area contributed by atoms with Crippen LogP contribution in [0.5, 0.6) is 0 Å². The molecule has 0 saturated carbocycles. The van der Waals surface area contributed by atoms with Crippen LogP contribution in [0.1, 0.15) is 6.23 Å². The van der Waals surface area contributed by atoms with Crippen LogP contribution in [0.4, 0.5) is 5.82 Å². The number of aliphatic hydroxyl groups is 2. The van der Waals surface area contributed by atoms with Gasteiger partial charge in [0, 0.05) is 13.1 Å². The monoisotopic (exact) mass is 434 g/mol. The van der Waals surface area contributed by atoms with Gasteiger partial charge in [0.1, 0.15) is 24.6 Å². The van der Waals surface area contributed by atoms with E-state index < -0.39 is 39.0 Å². The van der Waals surface area contributed by atoms with Crippen molar-refractivity contribution in [3.05, 3.63) is 12.7 Å². The zero-order valence-electron chi connectivity index (χ0n) is 15.2. The molecule has 2 aromatic heterocycles. The van der Waals surface area contributed by atoms with Crippen molar-refractivity contribution < 1.29 is 38.6 Å². The first-order chi connectivity index (χ1) is 13.8. The van der Waals surface area contributed by atoms with Crippen LogP contribution >= 0.6 is 7.82 Å². The molecule has 0 radical (unpaired) electrons. The smallest absolute Gasteiger partial charge is 0.387 e. The molecule has 3 heterocycles. The van der Waals surface area contributed by atoms with Gasteiger partial charge in [-0.2, -0.15) is 0 Å². The van der Waals surface area contributed by atoms with E-state index in [0.29, 0.717) is 43.3 Å². The standard InChI is InChI=1S/C14H23N6O8P/c15-1-3-26-4-2-16-12-9-13(18-6-17-12)20(7-19-9)14-11(22)10(21)8(28-14)5-27-29(23,24)25/h6-8,10-11,14,21-22H,1-5,15H2,(H,16,17,18)(H2,23,24,25)/t8-,10-,11-,14-/m1/s1. The zero-order valence-corrected chi connectivity index (χ0v) is 16.1. The number of phosphoric acid groups is 1. The number of nitrogens with one attached hydrogen (secondary N) is 1. The predicted octanol–water partition coefficient (Wildman–Crippen LogP) is -2.06. The molecule has 15 heteroatoms. The van der Waals surface area contributed by atoms with E-state index in [4.69, 9.17) is 25.0 Å². The van der Waals surface area contributed by atoms with Gasteiger partial charge < -0.3 is 40.5 Å². The number of aliphatic hydroxyl groups excluding tert-OH is 2. The Morgan fingerprint density at radius 1 is 1.24 bits per heavy atom. The maximum atomic E-state index is 10.9. The molecule has 0 unspecified atom stereocenters. The SMILES string of the molecule is NCCOCCNc1ncnc2c1ncn2[C@@H]1O[C@H](COP(=O)(O)O)[C@@H](O)[C@H]1O. The maximum absolute atomic E-state index is 10.9. The minimum absolute atomic E-state index is 0.332. The van der Waals surface area contributed by atoms with E-state index >= 15 is 0 Å². The number of nitrogens with zero attached hydrogens (tertiary/aromatic N) is 4. The van der Waals surface area contributed by atoms with Crippen molar-refractivity contribution in [1.29, 1.82) is 0 Å². The van der Waals surface area contributed by atoms with Gasteiger partial charge in [-0.1, -0.05) is 0 Å². The largest absolute Gasteiger partial charge is 0.469 e. The van der Waals surface area contributed by atoms with Crippen molar-refractivity contribution in [3.8, 4) is 0 Å². The van der Waals surface area contributed by atoms with Gasteiger partial charge >= 0.3 is 7.82 Å². The molecule has 0 amide bonds. The number of fused-ring (bicyclic) bond motifs is 1. The van der Waals surface area contributed by atoms with Gasteiger partial charge in [-0.3, -0.25) is 9.09 Å². The number of hydrogen-bond donors (Lipinski definition) is 6. The second-order valence-electron chi connectivity index (χ2n) is 6.21. The molecule has 4 atom stereocenters. The van der Waals surface area contributed by atoms with Crippen molar-refractivity contribution in [3.63, 3.8) is 0 Å². The lowest BCUT2D eigenvalue weighted by Crippen LogP contribution is -2.33. The molecule has 0 bridgehead atoms. The first-order valence-electron chi connectivity index (χ1n) is 8.72. The van der Waals surface area contributed by atoms with Crippen molar-refractivity contribution in [1.82, 2.24) is 19.5 Å². The molecule has 1 aliphatic rings. The fourth-order valence-electron chi connectivity index (χ4n) is 2.86. The van der Waals surface area contributed by atoms with Crippen LogP contribution in [-0.4, -0.2) is 90.7 Å². The normalized spacial score (nSPS) is 25.0. The molecule has 162 valence electrons. The molecule has 14 nitrogen and oxygen atoms in total. The summed E-state index contributed by atoms with van der Waals surface area (Å²) >= 11 is 0. The summed E-state index contributed by atoms with van der Waals surface area (Å²) in [4.78, 5) is 30.1. The van der Waals surface area contributed by atoms with Gasteiger partial charge in [-0.15, -0.1) is 0 Å². The molecule has 0 aliphatic carbocycles. The minimum Gasteiger partial charge on any atom is -0.387 e. The first-order valence-corrected chi connectivity index (χ1v) is 10.3. The Hall–Kier alpha value is -1.74. The van der Waals surface area contributed by atoms with Gasteiger partial charge in [0.25, 0.3) is 0 Å². The molecule has 3 rings (SSSR count). The summed E-state index contributed by atoms with van der Waals surface area (Å²) in [5.41, 5.74) is 6.09. The van der Waals surface area contributed by atoms with Gasteiger partial charge in [0.05, 0.1) is 26.1 Å². The number of hydrogen-bond acceptors (Lipinski definition) is 11. The van der Waals surface area contributed by atoms with Crippen LogP contribution in [0, 0.1) is 0 Å². The van der Waals surface area contributed by atoms with Crippen LogP contribution in [0.25, 0.3) is 11.2 Å². The van der Waals surface area contributed by atoms with E-state index in [0.717, 1.165) is 0 Å². The maximum Gasteiger partial charge on any atom is 0.469 e. The lowest BCUT2D eigenvalue weighted by atomic mass is 10.1. The van der Waals surface area contributed by atoms with E-state index in [2.05, 4.69) is 24.8 Å². The zero-order chi connectivity index (χ0) is 21.0. The molecule has 1 fully saturated rings. The third kappa shape index (κ3) is 5.25. The van der Waals surface area contributed by atoms with Crippen molar-refractivity contribution in [2.24, 2.45) is 5.73 Å². The highest BCUT2D eigenvalue weighted by atomic mass is 31.2. The quantitative estimate of drug-likeness (QED) is 0.176. The Balaban J connectivity index is 1.73. The molecular weight excluding hydrogens is 411 g/mol. The van der Waals surface area contributed by atoms with Crippen LogP contribution in [-0.2, 0) is 18.6 Å². The van der Waals surface area contributed by atoms with E-state index in [-0.39, 0.29) is 0 Å². The summed E-state index contributed by atoms with van der Waals surface area (Å²) in [5, 5.41) is 23.5. The number of imidazole rings is 1. The second-order valence-corrected chi connectivity index (χ2v) is 7.45. The fourth-order valence-corrected chi connectivity index (χ4v) is 3.20. The molecule has 0 spiro atoms. The lowest BCUT2D eigenvalue weighted by molar-refractivity contribution is -0.0504. The summed E-state index contributed by atoms with van der Waals surface area (Å²) in [6.07, 6.45) is -2.40. The highest BCUT2D eigenvalue weighted by Crippen LogP contribution is 2.38. The van der Waals surface area contributed by atoms with Crippen molar-refractivity contribution in [2.45, 2.75) is 24.5 Å². The summed E-state index contributed by atoms with van der Waals surface area (Å²) in [5.74, 6) is 0.444. The summed E-state index contributed by atoms with van der Waals surface area (Å²) in [7, 11) is -4.75. The third-order valence-corrected chi connectivity index (χ3v) is 4.66. The van der Waals surface area contributed by atoms with Crippen LogP contribution in [0.3, 0.4) is 0 Å². The molecule has 29 heavy (non-hydrogen) atoms. The van der Waals surface area contributed by atoms with Crippen LogP contribution in [0.2, 0.25) is 0 Å². The Bertz CT molecular complexity index is 862. The Morgan fingerprint density at radius 3 is 2.76 bits per heavy atom. The first kappa shape index (κ1) is 22.0. The number of anilines is 1. The molecule has 1 saturated heterocycles. The van der Waals surface area contributed by atoms with Crippen LogP contribution < -0.4 is 11.1 Å². The minimum atomic E-state index is -4.75. The molecule has 0 aromatic carbocycles. The van der Waals surface area contributed by atoms with Gasteiger partial charge in [-0.25, -0.2) is 19.5 Å². The summed E-state index contributed by atoms with van der Waals surface area (Å²) < 4.78 is 27.5. The topological polar surface area (TPSA) is 207 Å².